The van der Waals surface area contributed by atoms with Gasteiger partial charge in [-0.1, -0.05) is 68.2 Å². The maximum atomic E-state index is 13.4. The second-order valence-electron chi connectivity index (χ2n) is 8.07. The van der Waals surface area contributed by atoms with Gasteiger partial charge in [-0.2, -0.15) is 13.2 Å². The zero-order valence-electron chi connectivity index (χ0n) is 17.0. The summed E-state index contributed by atoms with van der Waals surface area (Å²) in [5, 5.41) is 2.35. The third-order valence-electron chi connectivity index (χ3n) is 4.64. The average molecular weight is 470 g/mol. The van der Waals surface area contributed by atoms with Crippen LogP contribution in [0.3, 0.4) is 0 Å². The van der Waals surface area contributed by atoms with Crippen LogP contribution in [0.1, 0.15) is 37.6 Å². The monoisotopic (exact) mass is 469 g/mol. The summed E-state index contributed by atoms with van der Waals surface area (Å²) in [6.45, 7) is 6.12. The number of hydrogen-bond acceptors (Lipinski definition) is 3. The Morgan fingerprint density at radius 1 is 0.968 bits per heavy atom. The van der Waals surface area contributed by atoms with Crippen molar-refractivity contribution in [2.45, 2.75) is 38.9 Å². The van der Waals surface area contributed by atoms with E-state index in [2.05, 4.69) is 31.1 Å². The fourth-order valence-corrected chi connectivity index (χ4v) is 3.29. The van der Waals surface area contributed by atoms with Crippen LogP contribution in [-0.2, 0) is 18.1 Å². The molecule has 0 unspecified atom stereocenters. The van der Waals surface area contributed by atoms with E-state index in [0.29, 0.717) is 16.3 Å². The van der Waals surface area contributed by atoms with Crippen molar-refractivity contribution in [2.24, 2.45) is 0 Å². The van der Waals surface area contributed by atoms with Crippen LogP contribution in [0.2, 0.25) is 10.0 Å². The average Bonchev–Trinajstić information content (AvgIpc) is 2.67. The third-order valence-corrected chi connectivity index (χ3v) is 5.24. The molecule has 0 bridgehead atoms. The van der Waals surface area contributed by atoms with Gasteiger partial charge in [-0.05, 0) is 40.8 Å². The van der Waals surface area contributed by atoms with E-state index in [-0.39, 0.29) is 17.9 Å². The van der Waals surface area contributed by atoms with Crippen LogP contribution in [0.4, 0.5) is 24.8 Å². The molecular formula is C22H20Cl2F3N3O. The highest BCUT2D eigenvalue weighted by atomic mass is 35.5. The first-order valence-corrected chi connectivity index (χ1v) is 10.1. The third kappa shape index (κ3) is 5.40. The maximum absolute atomic E-state index is 13.4. The molecule has 0 saturated carbocycles. The Bertz CT molecular complexity index is 1130. The molecule has 0 spiro atoms. The second kappa shape index (κ2) is 8.55. The van der Waals surface area contributed by atoms with Crippen LogP contribution in [0.5, 0.6) is 0 Å². The van der Waals surface area contributed by atoms with E-state index in [0.717, 1.165) is 10.1 Å². The second-order valence-corrected chi connectivity index (χ2v) is 8.88. The number of anilines is 2. The smallest absolute Gasteiger partial charge is 0.326 e. The normalized spacial score (nSPS) is 12.1. The lowest BCUT2D eigenvalue weighted by atomic mass is 9.87. The van der Waals surface area contributed by atoms with Gasteiger partial charge in [0.25, 0.3) is 5.56 Å². The van der Waals surface area contributed by atoms with Gasteiger partial charge in [0.2, 0.25) is 5.95 Å². The van der Waals surface area contributed by atoms with E-state index in [1.165, 1.54) is 0 Å². The fraction of sp³-hybridized carbons (Fsp3) is 0.273. The molecule has 31 heavy (non-hydrogen) atoms. The summed E-state index contributed by atoms with van der Waals surface area (Å²) in [6.07, 6.45) is -4.87. The van der Waals surface area contributed by atoms with Crippen molar-refractivity contribution in [3.8, 4) is 0 Å². The van der Waals surface area contributed by atoms with E-state index in [9.17, 15) is 18.0 Å². The number of hydrogen-bond donors (Lipinski definition) is 1. The summed E-state index contributed by atoms with van der Waals surface area (Å²) in [5.41, 5.74) is -0.322. The van der Waals surface area contributed by atoms with Crippen LogP contribution in [0, 0.1) is 0 Å². The number of aromatic nitrogens is 2. The van der Waals surface area contributed by atoms with Crippen molar-refractivity contribution < 1.29 is 13.2 Å². The minimum Gasteiger partial charge on any atom is -0.326 e. The Kier molecular flexibility index (Phi) is 6.39. The summed E-state index contributed by atoms with van der Waals surface area (Å²) < 4.78 is 41.3. The van der Waals surface area contributed by atoms with Gasteiger partial charge >= 0.3 is 6.18 Å². The van der Waals surface area contributed by atoms with E-state index in [1.54, 1.807) is 36.4 Å². The molecule has 164 valence electrons. The van der Waals surface area contributed by atoms with Crippen molar-refractivity contribution in [2.75, 3.05) is 5.32 Å². The predicted molar refractivity (Wildman–Crippen MR) is 117 cm³/mol. The van der Waals surface area contributed by atoms with Gasteiger partial charge in [-0.25, -0.2) is 4.98 Å². The molecule has 0 aliphatic heterocycles. The van der Waals surface area contributed by atoms with Crippen LogP contribution < -0.4 is 10.9 Å². The molecule has 0 aliphatic rings. The van der Waals surface area contributed by atoms with Gasteiger partial charge in [0, 0.05) is 10.7 Å². The zero-order valence-corrected chi connectivity index (χ0v) is 18.5. The van der Waals surface area contributed by atoms with Crippen molar-refractivity contribution in [3.63, 3.8) is 0 Å². The van der Waals surface area contributed by atoms with E-state index >= 15 is 0 Å². The molecule has 3 aromatic rings. The standard InChI is InChI=1S/C22H20Cl2F3N3O/c1-21(2,3)14-6-10-16(11-7-14)28-20-29-18(22(25,26)27)17(24)19(31)30(20)12-13-4-8-15(23)9-5-13/h4-11H,12H2,1-3H3,(H,28,29). The number of rotatable bonds is 4. The quantitative estimate of drug-likeness (QED) is 0.464. The Morgan fingerprint density at radius 2 is 1.55 bits per heavy atom. The molecule has 1 N–H and O–H groups in total. The zero-order chi connectivity index (χ0) is 23.0. The van der Waals surface area contributed by atoms with Crippen LogP contribution in [-0.4, -0.2) is 9.55 Å². The van der Waals surface area contributed by atoms with Crippen LogP contribution in [0.15, 0.2) is 53.3 Å². The number of halogens is 5. The van der Waals surface area contributed by atoms with Crippen molar-refractivity contribution in [3.05, 3.63) is 85.8 Å². The van der Waals surface area contributed by atoms with E-state index in [4.69, 9.17) is 23.2 Å². The summed E-state index contributed by atoms with van der Waals surface area (Å²) in [5.74, 6) is -0.264. The van der Waals surface area contributed by atoms with E-state index < -0.39 is 22.5 Å². The minimum atomic E-state index is -4.87. The Balaban J connectivity index is 2.08. The van der Waals surface area contributed by atoms with Gasteiger partial charge < -0.3 is 5.32 Å². The molecule has 0 fully saturated rings. The molecule has 0 saturated heterocycles. The SMILES string of the molecule is CC(C)(C)c1ccc(Nc2nc(C(F)(F)F)c(Cl)c(=O)n2Cc2ccc(Cl)cc2)cc1. The van der Waals surface area contributed by atoms with E-state index in [1.807, 2.05) is 12.1 Å². The summed E-state index contributed by atoms with van der Waals surface area (Å²) in [4.78, 5) is 16.4. The predicted octanol–water partition coefficient (Wildman–Crippen LogP) is 6.66. The van der Waals surface area contributed by atoms with Crippen molar-refractivity contribution >= 4 is 34.8 Å². The number of nitrogens with zero attached hydrogens (tertiary/aromatic N) is 2. The molecule has 0 atom stereocenters. The van der Waals surface area contributed by atoms with Crippen LogP contribution >= 0.6 is 23.2 Å². The van der Waals surface area contributed by atoms with Crippen molar-refractivity contribution in [1.82, 2.24) is 9.55 Å². The largest absolute Gasteiger partial charge is 0.435 e. The lowest BCUT2D eigenvalue weighted by molar-refractivity contribution is -0.141. The number of alkyl halides is 3. The first-order valence-electron chi connectivity index (χ1n) is 9.36. The van der Waals surface area contributed by atoms with Gasteiger partial charge in [0.15, 0.2) is 5.69 Å². The molecule has 0 aliphatic carbocycles. The molecule has 1 aromatic heterocycles. The summed E-state index contributed by atoms with van der Waals surface area (Å²) in [7, 11) is 0. The molecule has 2 aromatic carbocycles. The van der Waals surface area contributed by atoms with Gasteiger partial charge in [-0.15, -0.1) is 0 Å². The van der Waals surface area contributed by atoms with Gasteiger partial charge in [-0.3, -0.25) is 9.36 Å². The van der Waals surface area contributed by atoms with Gasteiger partial charge in [0.05, 0.1) is 6.54 Å². The summed E-state index contributed by atoms with van der Waals surface area (Å²) in [6, 6.07) is 13.8. The van der Waals surface area contributed by atoms with Crippen molar-refractivity contribution in [1.29, 1.82) is 0 Å². The highest BCUT2D eigenvalue weighted by molar-refractivity contribution is 6.31. The highest BCUT2D eigenvalue weighted by Crippen LogP contribution is 2.33. The Morgan fingerprint density at radius 3 is 2.06 bits per heavy atom. The molecule has 3 rings (SSSR count). The molecule has 0 amide bonds. The first-order chi connectivity index (χ1) is 14.4. The van der Waals surface area contributed by atoms with Crippen LogP contribution in [0.25, 0.3) is 0 Å². The first kappa shape index (κ1) is 23.2. The summed E-state index contributed by atoms with van der Waals surface area (Å²) >= 11 is 11.6. The Labute approximate surface area is 187 Å². The molecule has 0 radical (unpaired) electrons. The highest BCUT2D eigenvalue weighted by Gasteiger charge is 2.38. The lowest BCUT2D eigenvalue weighted by Gasteiger charge is -2.20. The molecule has 4 nitrogen and oxygen atoms in total. The lowest BCUT2D eigenvalue weighted by Crippen LogP contribution is -2.29. The number of benzene rings is 2. The van der Waals surface area contributed by atoms with Gasteiger partial charge in [0.1, 0.15) is 5.02 Å². The maximum Gasteiger partial charge on any atom is 0.435 e. The topological polar surface area (TPSA) is 46.9 Å². The molecular weight excluding hydrogens is 450 g/mol. The molecule has 9 heteroatoms. The number of nitrogens with one attached hydrogen (secondary N) is 1. The fourth-order valence-electron chi connectivity index (χ4n) is 2.92. The minimum absolute atomic E-state index is 0.0384. The Hall–Kier alpha value is -2.51. The molecule has 1 heterocycles.